The maximum atomic E-state index is 12.1. The van der Waals surface area contributed by atoms with E-state index in [0.717, 1.165) is 5.56 Å². The van der Waals surface area contributed by atoms with Crippen molar-refractivity contribution in [3.05, 3.63) is 60.1 Å². The number of rotatable bonds is 4. The predicted molar refractivity (Wildman–Crippen MR) is 86.3 cm³/mol. The maximum Gasteiger partial charge on any atom is 0.268 e. The topological polar surface area (TPSA) is 91.8 Å². The highest BCUT2D eigenvalue weighted by atomic mass is 32.1. The molecule has 112 valence electrons. The van der Waals surface area contributed by atoms with E-state index in [1.165, 1.54) is 23.7 Å². The van der Waals surface area contributed by atoms with Crippen LogP contribution in [0.15, 0.2) is 58.7 Å². The summed E-state index contributed by atoms with van der Waals surface area (Å²) in [7, 11) is 0. The van der Waals surface area contributed by atoms with Crippen LogP contribution in [0.25, 0.3) is 16.6 Å². The monoisotopic (exact) mass is 322 g/mol. The Balaban J connectivity index is 1.76. The Morgan fingerprint density at radius 1 is 1.22 bits per heavy atom. The van der Waals surface area contributed by atoms with Crippen molar-refractivity contribution in [1.82, 2.24) is 10.2 Å². The van der Waals surface area contributed by atoms with E-state index >= 15 is 0 Å². The van der Waals surface area contributed by atoms with Crippen LogP contribution >= 0.6 is 11.3 Å². The lowest BCUT2D eigenvalue weighted by Gasteiger charge is -1.98. The van der Waals surface area contributed by atoms with Gasteiger partial charge in [0.05, 0.1) is 6.26 Å². The van der Waals surface area contributed by atoms with Crippen molar-refractivity contribution >= 4 is 28.5 Å². The minimum absolute atomic E-state index is 0.0728. The highest BCUT2D eigenvalue weighted by Crippen LogP contribution is 2.26. The molecule has 3 rings (SSSR count). The normalized spacial score (nSPS) is 11.0. The molecule has 1 amide bonds. The zero-order chi connectivity index (χ0) is 16.1. The second-order valence-corrected chi connectivity index (χ2v) is 5.40. The van der Waals surface area contributed by atoms with Crippen molar-refractivity contribution in [2.24, 2.45) is 0 Å². The van der Waals surface area contributed by atoms with Crippen LogP contribution in [-0.4, -0.2) is 16.1 Å². The molecule has 0 aliphatic carbocycles. The fraction of sp³-hybridized carbons (Fsp3) is 0. The second-order valence-electron chi connectivity index (χ2n) is 4.42. The fourth-order valence-electron chi connectivity index (χ4n) is 1.80. The Morgan fingerprint density at radius 3 is 2.74 bits per heavy atom. The number of anilines is 1. The zero-order valence-electron chi connectivity index (χ0n) is 11.8. The molecule has 1 aromatic carbocycles. The smallest absolute Gasteiger partial charge is 0.268 e. The standard InChI is InChI=1S/C16H10N4O2S/c17-10-12(9-13-7-4-8-22-13)14(21)18-16-20-19-15(23-16)11-5-2-1-3-6-11/h1-9H,(H,18,20,21). The van der Waals surface area contributed by atoms with Gasteiger partial charge in [-0.3, -0.25) is 10.1 Å². The van der Waals surface area contributed by atoms with E-state index in [9.17, 15) is 4.79 Å². The van der Waals surface area contributed by atoms with Crippen LogP contribution in [0.4, 0.5) is 5.13 Å². The van der Waals surface area contributed by atoms with Gasteiger partial charge in [0.2, 0.25) is 5.13 Å². The molecule has 0 saturated heterocycles. The molecule has 2 heterocycles. The van der Waals surface area contributed by atoms with E-state index in [4.69, 9.17) is 9.68 Å². The van der Waals surface area contributed by atoms with E-state index in [-0.39, 0.29) is 5.57 Å². The number of nitriles is 1. The Kier molecular flexibility index (Phi) is 4.27. The molecule has 6 nitrogen and oxygen atoms in total. The molecule has 0 fully saturated rings. The fourth-order valence-corrected chi connectivity index (χ4v) is 2.54. The van der Waals surface area contributed by atoms with Crippen molar-refractivity contribution in [2.45, 2.75) is 0 Å². The van der Waals surface area contributed by atoms with Crippen molar-refractivity contribution in [3.8, 4) is 16.6 Å². The van der Waals surface area contributed by atoms with Crippen molar-refractivity contribution < 1.29 is 9.21 Å². The summed E-state index contributed by atoms with van der Waals surface area (Å²) in [5.41, 5.74) is 0.841. The van der Waals surface area contributed by atoms with Gasteiger partial charge in [0.15, 0.2) is 0 Å². The van der Waals surface area contributed by atoms with Gasteiger partial charge in [0, 0.05) is 11.6 Å². The quantitative estimate of drug-likeness (QED) is 0.587. The average molecular weight is 322 g/mol. The number of nitrogens with one attached hydrogen (secondary N) is 1. The SMILES string of the molecule is N#CC(=Cc1ccco1)C(=O)Nc1nnc(-c2ccccc2)s1. The lowest BCUT2D eigenvalue weighted by molar-refractivity contribution is -0.112. The van der Waals surface area contributed by atoms with E-state index in [2.05, 4.69) is 15.5 Å². The van der Waals surface area contributed by atoms with Crippen molar-refractivity contribution in [1.29, 1.82) is 5.26 Å². The van der Waals surface area contributed by atoms with Crippen LogP contribution in [0, 0.1) is 11.3 Å². The molecule has 0 atom stereocenters. The van der Waals surface area contributed by atoms with Crippen LogP contribution in [0.3, 0.4) is 0 Å². The summed E-state index contributed by atoms with van der Waals surface area (Å²) in [6, 6.07) is 14.7. The predicted octanol–water partition coefficient (Wildman–Crippen LogP) is 3.34. The van der Waals surface area contributed by atoms with Gasteiger partial charge in [-0.15, -0.1) is 10.2 Å². The van der Waals surface area contributed by atoms with E-state index in [1.54, 1.807) is 12.1 Å². The zero-order valence-corrected chi connectivity index (χ0v) is 12.6. The second kappa shape index (κ2) is 6.68. The third-order valence-corrected chi connectivity index (χ3v) is 3.75. The number of carbonyl (C=O) groups excluding carboxylic acids is 1. The molecule has 0 saturated carbocycles. The Morgan fingerprint density at radius 2 is 2.04 bits per heavy atom. The molecule has 0 radical (unpaired) electrons. The summed E-state index contributed by atoms with van der Waals surface area (Å²) in [6.45, 7) is 0. The van der Waals surface area contributed by atoms with Gasteiger partial charge >= 0.3 is 0 Å². The van der Waals surface area contributed by atoms with Gasteiger partial charge in [-0.1, -0.05) is 41.7 Å². The Labute approximate surface area is 135 Å². The van der Waals surface area contributed by atoms with Crippen molar-refractivity contribution in [3.63, 3.8) is 0 Å². The molecule has 0 aliphatic rings. The van der Waals surface area contributed by atoms with Gasteiger partial charge < -0.3 is 4.42 Å². The first-order valence-electron chi connectivity index (χ1n) is 6.62. The largest absolute Gasteiger partial charge is 0.465 e. The highest BCUT2D eigenvalue weighted by Gasteiger charge is 2.13. The number of nitrogens with zero attached hydrogens (tertiary/aromatic N) is 3. The molecule has 1 N–H and O–H groups in total. The molecule has 0 aliphatic heterocycles. The van der Waals surface area contributed by atoms with Gasteiger partial charge in [-0.2, -0.15) is 5.26 Å². The summed E-state index contributed by atoms with van der Waals surface area (Å²) in [5.74, 6) is -0.126. The number of carbonyl (C=O) groups is 1. The minimum Gasteiger partial charge on any atom is -0.465 e. The number of benzene rings is 1. The van der Waals surface area contributed by atoms with Crippen LogP contribution in [0.5, 0.6) is 0 Å². The van der Waals surface area contributed by atoms with Crippen LogP contribution < -0.4 is 5.32 Å². The molecule has 2 aromatic heterocycles. The maximum absolute atomic E-state index is 12.1. The van der Waals surface area contributed by atoms with E-state index in [0.29, 0.717) is 15.9 Å². The summed E-state index contributed by atoms with van der Waals surface area (Å²) < 4.78 is 5.10. The van der Waals surface area contributed by atoms with Gasteiger partial charge in [0.25, 0.3) is 5.91 Å². The molecular weight excluding hydrogens is 312 g/mol. The number of furan rings is 1. The molecule has 23 heavy (non-hydrogen) atoms. The molecule has 0 unspecified atom stereocenters. The molecular formula is C16H10N4O2S. The summed E-state index contributed by atoms with van der Waals surface area (Å²) in [4.78, 5) is 12.1. The average Bonchev–Trinajstić information content (AvgIpc) is 3.25. The van der Waals surface area contributed by atoms with E-state index < -0.39 is 5.91 Å². The Bertz CT molecular complexity index is 876. The molecule has 0 bridgehead atoms. The third kappa shape index (κ3) is 3.51. The number of hydrogen-bond acceptors (Lipinski definition) is 6. The number of aromatic nitrogens is 2. The third-order valence-electron chi connectivity index (χ3n) is 2.86. The minimum atomic E-state index is -0.556. The Hall–Kier alpha value is -3.24. The lowest BCUT2D eigenvalue weighted by atomic mass is 10.2. The lowest BCUT2D eigenvalue weighted by Crippen LogP contribution is -2.13. The molecule has 7 heteroatoms. The molecule has 3 aromatic rings. The number of hydrogen-bond donors (Lipinski definition) is 1. The highest BCUT2D eigenvalue weighted by molar-refractivity contribution is 7.18. The molecule has 0 spiro atoms. The summed E-state index contributed by atoms with van der Waals surface area (Å²) in [5, 5.41) is 20.6. The number of amides is 1. The van der Waals surface area contributed by atoms with Gasteiger partial charge in [-0.05, 0) is 12.1 Å². The van der Waals surface area contributed by atoms with Crippen LogP contribution in [-0.2, 0) is 4.79 Å². The summed E-state index contributed by atoms with van der Waals surface area (Å²) in [6.07, 6.45) is 2.84. The van der Waals surface area contributed by atoms with Crippen LogP contribution in [0.1, 0.15) is 5.76 Å². The van der Waals surface area contributed by atoms with Gasteiger partial charge in [0.1, 0.15) is 22.4 Å². The van der Waals surface area contributed by atoms with Crippen LogP contribution in [0.2, 0.25) is 0 Å². The summed E-state index contributed by atoms with van der Waals surface area (Å²) >= 11 is 1.24. The van der Waals surface area contributed by atoms with E-state index in [1.807, 2.05) is 36.4 Å². The first-order valence-corrected chi connectivity index (χ1v) is 7.43. The van der Waals surface area contributed by atoms with Gasteiger partial charge in [-0.25, -0.2) is 0 Å². The first-order chi connectivity index (χ1) is 11.3. The van der Waals surface area contributed by atoms with Crippen molar-refractivity contribution in [2.75, 3.05) is 5.32 Å². The first kappa shape index (κ1) is 14.7.